The van der Waals surface area contributed by atoms with Gasteiger partial charge in [-0.2, -0.15) is 13.2 Å². The van der Waals surface area contributed by atoms with Gasteiger partial charge in [0.15, 0.2) is 0 Å². The third-order valence-electron chi connectivity index (χ3n) is 5.16. The molecule has 0 radical (unpaired) electrons. The van der Waals surface area contributed by atoms with Crippen LogP contribution in [-0.2, 0) is 25.0 Å². The number of alkyl halides is 3. The molecule has 1 atom stereocenters. The van der Waals surface area contributed by atoms with E-state index in [-0.39, 0.29) is 16.8 Å². The minimum Gasteiger partial charge on any atom is -0.475 e. The third-order valence-corrected chi connectivity index (χ3v) is 6.56. The first-order valence-corrected chi connectivity index (χ1v) is 11.6. The largest absolute Gasteiger partial charge is 0.490 e. The van der Waals surface area contributed by atoms with Crippen LogP contribution in [0.3, 0.4) is 0 Å². The molecule has 180 valence electrons. The Morgan fingerprint density at radius 3 is 2.00 bits per heavy atom. The maximum Gasteiger partial charge on any atom is 0.490 e. The number of amides is 1. The number of hydrogen-bond donors (Lipinski definition) is 3. The number of halogens is 3. The van der Waals surface area contributed by atoms with E-state index in [1.54, 1.807) is 42.5 Å². The number of carbonyl (C=O) groups is 2. The number of aliphatic carboxylic acids is 1. The monoisotopic (exact) mass is 486 g/mol. The summed E-state index contributed by atoms with van der Waals surface area (Å²) in [4.78, 5) is 21.7. The van der Waals surface area contributed by atoms with Crippen LogP contribution in [0.25, 0.3) is 0 Å². The van der Waals surface area contributed by atoms with Crippen molar-refractivity contribution >= 4 is 27.6 Å². The summed E-state index contributed by atoms with van der Waals surface area (Å²) in [5.41, 5.74) is 0.956. The number of rotatable bonds is 7. The number of hydrogen-bond acceptors (Lipinski definition) is 4. The summed E-state index contributed by atoms with van der Waals surface area (Å²) >= 11 is 0. The summed E-state index contributed by atoms with van der Waals surface area (Å²) in [5, 5.41) is 10.2. The molecular formula is C22H25F3N2O5S. The number of carboxylic acid groups (broad SMARTS) is 1. The molecule has 0 aliphatic heterocycles. The summed E-state index contributed by atoms with van der Waals surface area (Å²) < 4.78 is 59.1. The molecule has 0 spiro atoms. The lowest BCUT2D eigenvalue weighted by atomic mass is 9.94. The lowest BCUT2D eigenvalue weighted by Gasteiger charge is -2.19. The molecular weight excluding hydrogens is 461 g/mol. The zero-order valence-corrected chi connectivity index (χ0v) is 18.8. The van der Waals surface area contributed by atoms with Crippen molar-refractivity contribution in [3.05, 3.63) is 60.2 Å². The molecule has 1 aliphatic rings. The Morgan fingerprint density at radius 1 is 1.06 bits per heavy atom. The Kier molecular flexibility index (Phi) is 8.12. The third kappa shape index (κ3) is 6.95. The van der Waals surface area contributed by atoms with Crippen molar-refractivity contribution in [2.24, 2.45) is 0 Å². The standard InChI is InChI=1S/C20H24N2O3S.C2HF3O2/c1-3-15(2)21-19(23)20(13-14-20)16-9-11-17(12-10-16)22-26(24,25)18-7-5-4-6-8-18;3-2(4,5)1(6)7/h4-12,15,22H,3,13-14H2,1-2H3,(H,21,23);(H,6,7). The van der Waals surface area contributed by atoms with Crippen molar-refractivity contribution in [3.63, 3.8) is 0 Å². The van der Waals surface area contributed by atoms with Crippen LogP contribution in [0, 0.1) is 0 Å². The van der Waals surface area contributed by atoms with Crippen molar-refractivity contribution in [1.82, 2.24) is 5.32 Å². The highest BCUT2D eigenvalue weighted by Crippen LogP contribution is 2.48. The van der Waals surface area contributed by atoms with Crippen molar-refractivity contribution in [2.75, 3.05) is 4.72 Å². The summed E-state index contributed by atoms with van der Waals surface area (Å²) in [6.45, 7) is 4.04. The van der Waals surface area contributed by atoms with Gasteiger partial charge in [-0.15, -0.1) is 0 Å². The first-order chi connectivity index (χ1) is 15.3. The Labute approximate surface area is 190 Å². The van der Waals surface area contributed by atoms with Crippen LogP contribution < -0.4 is 10.0 Å². The number of anilines is 1. The molecule has 1 unspecified atom stereocenters. The molecule has 1 aliphatic carbocycles. The molecule has 2 aromatic carbocycles. The second-order valence-corrected chi connectivity index (χ2v) is 9.35. The molecule has 1 amide bonds. The Morgan fingerprint density at radius 2 is 1.58 bits per heavy atom. The van der Waals surface area contributed by atoms with E-state index < -0.39 is 27.6 Å². The van der Waals surface area contributed by atoms with E-state index in [9.17, 15) is 26.4 Å². The fourth-order valence-electron chi connectivity index (χ4n) is 2.91. The predicted octanol–water partition coefficient (Wildman–Crippen LogP) is 4.07. The maximum absolute atomic E-state index is 12.6. The van der Waals surface area contributed by atoms with Gasteiger partial charge in [0.2, 0.25) is 5.91 Å². The van der Waals surface area contributed by atoms with Crippen molar-refractivity contribution < 1.29 is 36.3 Å². The van der Waals surface area contributed by atoms with Crippen LogP contribution in [0.1, 0.15) is 38.7 Å². The van der Waals surface area contributed by atoms with Crippen LogP contribution in [0.5, 0.6) is 0 Å². The van der Waals surface area contributed by atoms with Gasteiger partial charge in [-0.25, -0.2) is 13.2 Å². The molecule has 11 heteroatoms. The Balaban J connectivity index is 0.000000479. The quantitative estimate of drug-likeness (QED) is 0.546. The van der Waals surface area contributed by atoms with Crippen LogP contribution in [0.15, 0.2) is 59.5 Å². The van der Waals surface area contributed by atoms with E-state index in [4.69, 9.17) is 9.90 Å². The van der Waals surface area contributed by atoms with E-state index in [2.05, 4.69) is 10.0 Å². The molecule has 0 heterocycles. The van der Waals surface area contributed by atoms with Crippen molar-refractivity contribution in [2.45, 2.75) is 55.6 Å². The van der Waals surface area contributed by atoms with Gasteiger partial charge < -0.3 is 10.4 Å². The van der Waals surface area contributed by atoms with E-state index in [1.807, 2.05) is 26.0 Å². The smallest absolute Gasteiger partial charge is 0.475 e. The Bertz CT molecular complexity index is 1070. The topological polar surface area (TPSA) is 113 Å². The van der Waals surface area contributed by atoms with Crippen LogP contribution in [0.2, 0.25) is 0 Å². The molecule has 1 fully saturated rings. The van der Waals surface area contributed by atoms with E-state index in [0.29, 0.717) is 5.69 Å². The highest BCUT2D eigenvalue weighted by molar-refractivity contribution is 7.92. The number of sulfonamides is 1. The average molecular weight is 487 g/mol. The van der Waals surface area contributed by atoms with Crippen LogP contribution in [-0.4, -0.2) is 37.6 Å². The van der Waals surface area contributed by atoms with Crippen molar-refractivity contribution in [3.8, 4) is 0 Å². The minimum atomic E-state index is -5.08. The van der Waals surface area contributed by atoms with Gasteiger partial charge >= 0.3 is 12.1 Å². The molecule has 33 heavy (non-hydrogen) atoms. The molecule has 7 nitrogen and oxygen atoms in total. The summed E-state index contributed by atoms with van der Waals surface area (Å²) in [6.07, 6.45) is -2.54. The SMILES string of the molecule is CCC(C)NC(=O)C1(c2ccc(NS(=O)(=O)c3ccccc3)cc2)CC1.O=C(O)C(F)(F)F. The second-order valence-electron chi connectivity index (χ2n) is 7.66. The second kappa shape index (κ2) is 10.2. The minimum absolute atomic E-state index is 0.0597. The summed E-state index contributed by atoms with van der Waals surface area (Å²) in [6, 6.07) is 15.5. The number of benzene rings is 2. The highest BCUT2D eigenvalue weighted by Gasteiger charge is 2.51. The van der Waals surface area contributed by atoms with Gasteiger partial charge in [0.1, 0.15) is 0 Å². The van der Waals surface area contributed by atoms with Crippen LogP contribution in [0.4, 0.5) is 18.9 Å². The van der Waals surface area contributed by atoms with E-state index in [1.165, 1.54) is 0 Å². The molecule has 3 N–H and O–H groups in total. The maximum atomic E-state index is 12.6. The zero-order valence-electron chi connectivity index (χ0n) is 18.0. The van der Waals surface area contributed by atoms with Gasteiger partial charge in [0, 0.05) is 11.7 Å². The van der Waals surface area contributed by atoms with Gasteiger partial charge in [-0.05, 0) is 56.0 Å². The molecule has 1 saturated carbocycles. The van der Waals surface area contributed by atoms with Gasteiger partial charge in [0.25, 0.3) is 10.0 Å². The number of carboxylic acids is 1. The van der Waals surface area contributed by atoms with Gasteiger partial charge in [-0.1, -0.05) is 37.3 Å². The molecule has 0 bridgehead atoms. The summed E-state index contributed by atoms with van der Waals surface area (Å²) in [5.74, 6) is -2.70. The fraction of sp³-hybridized carbons (Fsp3) is 0.364. The summed E-state index contributed by atoms with van der Waals surface area (Å²) in [7, 11) is -3.61. The van der Waals surface area contributed by atoms with E-state index in [0.717, 1.165) is 24.8 Å². The van der Waals surface area contributed by atoms with Crippen molar-refractivity contribution in [1.29, 1.82) is 0 Å². The highest BCUT2D eigenvalue weighted by atomic mass is 32.2. The zero-order chi connectivity index (χ0) is 24.9. The van der Waals surface area contributed by atoms with Crippen LogP contribution >= 0.6 is 0 Å². The van der Waals surface area contributed by atoms with Gasteiger partial charge in [0.05, 0.1) is 10.3 Å². The lowest BCUT2D eigenvalue weighted by molar-refractivity contribution is -0.192. The number of carbonyl (C=O) groups excluding carboxylic acids is 1. The van der Waals surface area contributed by atoms with E-state index >= 15 is 0 Å². The van der Waals surface area contributed by atoms with Gasteiger partial charge in [-0.3, -0.25) is 9.52 Å². The molecule has 3 rings (SSSR count). The molecule has 0 saturated heterocycles. The first-order valence-electron chi connectivity index (χ1n) is 10.1. The number of nitrogens with one attached hydrogen (secondary N) is 2. The average Bonchev–Trinajstić information content (AvgIpc) is 3.56. The normalized spacial score (nSPS) is 15.4. The molecule has 0 aromatic heterocycles. The lowest BCUT2D eigenvalue weighted by Crippen LogP contribution is -2.39. The fourth-order valence-corrected chi connectivity index (χ4v) is 3.99. The predicted molar refractivity (Wildman–Crippen MR) is 116 cm³/mol. The molecule has 2 aromatic rings. The Hall–Kier alpha value is -3.08. The first kappa shape index (κ1) is 26.2.